The highest BCUT2D eigenvalue weighted by molar-refractivity contribution is 8.41. The second kappa shape index (κ2) is 8.14. The van der Waals surface area contributed by atoms with Crippen molar-refractivity contribution in [3.05, 3.63) is 41.5 Å². The fourth-order valence-electron chi connectivity index (χ4n) is 1.91. The second-order valence-corrected chi connectivity index (χ2v) is 6.60. The van der Waals surface area contributed by atoms with Crippen molar-refractivity contribution in [2.45, 2.75) is 13.5 Å². The Morgan fingerprint density at radius 1 is 1.33 bits per heavy atom. The Morgan fingerprint density at radius 2 is 2.05 bits per heavy atom. The third-order valence-corrected chi connectivity index (χ3v) is 5.32. The summed E-state index contributed by atoms with van der Waals surface area (Å²) < 4.78 is 5.78. The average Bonchev–Trinajstić information content (AvgIpc) is 3.02. The molecule has 112 valence electrons. The van der Waals surface area contributed by atoms with E-state index in [4.69, 9.17) is 9.57 Å². The highest BCUT2D eigenvalue weighted by Crippen LogP contribution is 2.26. The fraction of sp³-hybridized carbons (Fsp3) is 0.333. The quantitative estimate of drug-likeness (QED) is 0.471. The van der Waals surface area contributed by atoms with E-state index in [1.54, 1.807) is 29.6 Å². The van der Waals surface area contributed by atoms with Crippen molar-refractivity contribution in [2.24, 2.45) is 5.16 Å². The predicted molar refractivity (Wildman–Crippen MR) is 89.2 cm³/mol. The summed E-state index contributed by atoms with van der Waals surface area (Å²) >= 11 is 3.41. The predicted octanol–water partition coefficient (Wildman–Crippen LogP) is 3.53. The number of carbonyl (C=O) groups excluding carboxylic acids is 1. The van der Waals surface area contributed by atoms with Crippen molar-refractivity contribution in [1.82, 2.24) is 0 Å². The zero-order valence-corrected chi connectivity index (χ0v) is 13.6. The zero-order chi connectivity index (χ0) is 15.1. The molecule has 0 radical (unpaired) electrons. The second-order valence-electron chi connectivity index (χ2n) is 4.18. The Balaban J connectivity index is 2.12. The van der Waals surface area contributed by atoms with Gasteiger partial charge in [-0.05, 0) is 12.5 Å². The molecular formula is C15H17NO3S2. The molecule has 0 saturated carbocycles. The molecule has 1 aliphatic rings. The SMILES string of the molecule is CC=C(C(=O)OC)c1ccccc1CON=C1SCCS1. The summed E-state index contributed by atoms with van der Waals surface area (Å²) in [6, 6.07) is 7.62. The van der Waals surface area contributed by atoms with Crippen LogP contribution in [0.4, 0.5) is 0 Å². The van der Waals surface area contributed by atoms with Crippen molar-refractivity contribution in [2.75, 3.05) is 18.6 Å². The van der Waals surface area contributed by atoms with E-state index in [2.05, 4.69) is 5.16 Å². The maximum absolute atomic E-state index is 11.8. The molecule has 1 heterocycles. The van der Waals surface area contributed by atoms with Gasteiger partial charge in [0.2, 0.25) is 0 Å². The summed E-state index contributed by atoms with van der Waals surface area (Å²) in [7, 11) is 1.38. The molecular weight excluding hydrogens is 306 g/mol. The molecule has 0 atom stereocenters. The molecule has 0 spiro atoms. The van der Waals surface area contributed by atoms with E-state index in [9.17, 15) is 4.79 Å². The molecule has 6 heteroatoms. The summed E-state index contributed by atoms with van der Waals surface area (Å²) in [6.07, 6.45) is 1.75. The topological polar surface area (TPSA) is 47.9 Å². The van der Waals surface area contributed by atoms with Gasteiger partial charge in [0.15, 0.2) is 4.38 Å². The van der Waals surface area contributed by atoms with Gasteiger partial charge in [-0.1, -0.05) is 59.0 Å². The number of esters is 1. The molecule has 4 nitrogen and oxygen atoms in total. The van der Waals surface area contributed by atoms with Crippen LogP contribution >= 0.6 is 23.5 Å². The molecule has 0 N–H and O–H groups in total. The van der Waals surface area contributed by atoms with Gasteiger partial charge < -0.3 is 9.57 Å². The smallest absolute Gasteiger partial charge is 0.338 e. The van der Waals surface area contributed by atoms with Gasteiger partial charge in [0.05, 0.1) is 12.7 Å². The Morgan fingerprint density at radius 3 is 2.71 bits per heavy atom. The van der Waals surface area contributed by atoms with E-state index in [0.717, 1.165) is 27.0 Å². The molecule has 1 fully saturated rings. The van der Waals surface area contributed by atoms with Gasteiger partial charge in [-0.3, -0.25) is 0 Å². The number of hydrogen-bond acceptors (Lipinski definition) is 6. The monoisotopic (exact) mass is 323 g/mol. The van der Waals surface area contributed by atoms with E-state index in [1.165, 1.54) is 7.11 Å². The number of rotatable bonds is 5. The van der Waals surface area contributed by atoms with Gasteiger partial charge in [0, 0.05) is 17.1 Å². The highest BCUT2D eigenvalue weighted by Gasteiger charge is 2.15. The van der Waals surface area contributed by atoms with Crippen LogP contribution in [0.15, 0.2) is 35.5 Å². The molecule has 1 aromatic carbocycles. The van der Waals surface area contributed by atoms with Gasteiger partial charge in [-0.25, -0.2) is 4.79 Å². The highest BCUT2D eigenvalue weighted by atomic mass is 32.2. The van der Waals surface area contributed by atoms with Crippen LogP contribution in [0, 0.1) is 0 Å². The van der Waals surface area contributed by atoms with Gasteiger partial charge in [-0.15, -0.1) is 0 Å². The number of methoxy groups -OCH3 is 1. The summed E-state index contributed by atoms with van der Waals surface area (Å²) in [5.74, 6) is 1.81. The van der Waals surface area contributed by atoms with Crippen molar-refractivity contribution >= 4 is 39.4 Å². The Bertz CT molecular complexity index is 562. The third-order valence-electron chi connectivity index (χ3n) is 2.90. The number of allylic oxidation sites excluding steroid dienone is 1. The Labute approximate surface area is 133 Å². The minimum absolute atomic E-state index is 0.328. The minimum Gasteiger partial charge on any atom is -0.465 e. The van der Waals surface area contributed by atoms with E-state index in [1.807, 2.05) is 31.2 Å². The number of carbonyl (C=O) groups is 1. The van der Waals surface area contributed by atoms with Crippen LogP contribution < -0.4 is 0 Å². The lowest BCUT2D eigenvalue weighted by atomic mass is 10.00. The van der Waals surface area contributed by atoms with Crippen molar-refractivity contribution in [1.29, 1.82) is 0 Å². The number of nitrogens with zero attached hydrogens (tertiary/aromatic N) is 1. The van der Waals surface area contributed by atoms with Gasteiger partial charge in [0.1, 0.15) is 6.61 Å². The van der Waals surface area contributed by atoms with Crippen LogP contribution in [0.3, 0.4) is 0 Å². The zero-order valence-electron chi connectivity index (χ0n) is 12.0. The first-order valence-electron chi connectivity index (χ1n) is 6.54. The first-order chi connectivity index (χ1) is 10.3. The van der Waals surface area contributed by atoms with E-state index >= 15 is 0 Å². The van der Waals surface area contributed by atoms with Crippen molar-refractivity contribution < 1.29 is 14.4 Å². The van der Waals surface area contributed by atoms with Crippen LogP contribution in [0.2, 0.25) is 0 Å². The normalized spacial score (nSPS) is 15.0. The standard InChI is InChI=1S/C15H17NO3S2/c1-3-12(14(17)18-2)13-7-5-4-6-11(13)10-19-16-15-20-8-9-21-15/h3-7H,8-10H2,1-2H3. The number of thioether (sulfide) groups is 2. The molecule has 21 heavy (non-hydrogen) atoms. The van der Waals surface area contributed by atoms with Crippen LogP contribution in [-0.4, -0.2) is 29.0 Å². The lowest BCUT2D eigenvalue weighted by molar-refractivity contribution is -0.133. The van der Waals surface area contributed by atoms with Gasteiger partial charge in [0.25, 0.3) is 0 Å². The van der Waals surface area contributed by atoms with E-state index in [-0.39, 0.29) is 5.97 Å². The Kier molecular flexibility index (Phi) is 6.20. The number of hydrogen-bond donors (Lipinski definition) is 0. The molecule has 1 aliphatic heterocycles. The fourth-order valence-corrected chi connectivity index (χ4v) is 3.97. The maximum atomic E-state index is 11.8. The first kappa shape index (κ1) is 16.0. The van der Waals surface area contributed by atoms with Crippen LogP contribution in [0.5, 0.6) is 0 Å². The summed E-state index contributed by atoms with van der Waals surface area (Å²) in [6.45, 7) is 2.14. The maximum Gasteiger partial charge on any atom is 0.338 e. The molecule has 0 unspecified atom stereocenters. The van der Waals surface area contributed by atoms with Crippen molar-refractivity contribution in [3.63, 3.8) is 0 Å². The number of oxime groups is 1. The van der Waals surface area contributed by atoms with Crippen LogP contribution in [-0.2, 0) is 21.0 Å². The summed E-state index contributed by atoms with van der Waals surface area (Å²) in [5.41, 5.74) is 2.26. The largest absolute Gasteiger partial charge is 0.465 e. The molecule has 1 aromatic rings. The van der Waals surface area contributed by atoms with Crippen LogP contribution in [0.1, 0.15) is 18.1 Å². The molecule has 0 bridgehead atoms. The van der Waals surface area contributed by atoms with Gasteiger partial charge in [-0.2, -0.15) is 0 Å². The van der Waals surface area contributed by atoms with Gasteiger partial charge >= 0.3 is 5.97 Å². The first-order valence-corrected chi connectivity index (χ1v) is 8.52. The molecule has 0 aromatic heterocycles. The lowest BCUT2D eigenvalue weighted by Crippen LogP contribution is -2.06. The van der Waals surface area contributed by atoms with Crippen LogP contribution in [0.25, 0.3) is 5.57 Å². The lowest BCUT2D eigenvalue weighted by Gasteiger charge is -2.10. The summed E-state index contributed by atoms with van der Waals surface area (Å²) in [5, 5.41) is 4.12. The molecule has 0 aliphatic carbocycles. The van der Waals surface area contributed by atoms with E-state index in [0.29, 0.717) is 12.2 Å². The molecule has 0 amide bonds. The number of benzene rings is 1. The van der Waals surface area contributed by atoms with Crippen molar-refractivity contribution in [3.8, 4) is 0 Å². The molecule has 2 rings (SSSR count). The minimum atomic E-state index is -0.349. The number of ether oxygens (including phenoxy) is 1. The molecule has 1 saturated heterocycles. The third kappa shape index (κ3) is 4.28. The average molecular weight is 323 g/mol. The van der Waals surface area contributed by atoms with E-state index < -0.39 is 0 Å². The Hall–Kier alpha value is -1.40. The summed E-state index contributed by atoms with van der Waals surface area (Å²) in [4.78, 5) is 17.2.